The van der Waals surface area contributed by atoms with Crippen molar-refractivity contribution in [3.63, 3.8) is 0 Å². The number of halogens is 1. The number of ether oxygens (including phenoxy) is 1. The largest absolute Gasteiger partial charge is 0.488 e. The number of amides is 1. The topological polar surface area (TPSA) is 64.3 Å². The average Bonchev–Trinajstić information content (AvgIpc) is 2.29. The molecule has 5 heteroatoms. The van der Waals surface area contributed by atoms with Gasteiger partial charge in [0.2, 0.25) is 5.91 Å². The van der Waals surface area contributed by atoms with Crippen LogP contribution in [0.4, 0.5) is 10.1 Å². The van der Waals surface area contributed by atoms with Crippen molar-refractivity contribution in [2.24, 2.45) is 5.73 Å². The highest BCUT2D eigenvalue weighted by atomic mass is 19.1. The summed E-state index contributed by atoms with van der Waals surface area (Å²) in [6.45, 7) is 4.10. The Morgan fingerprint density at radius 2 is 2.22 bits per heavy atom. The van der Waals surface area contributed by atoms with E-state index in [9.17, 15) is 9.18 Å². The van der Waals surface area contributed by atoms with Crippen LogP contribution < -0.4 is 15.8 Å². The number of nitrogens with two attached hydrogens (primary N) is 1. The van der Waals surface area contributed by atoms with Gasteiger partial charge in [0.25, 0.3) is 0 Å². The van der Waals surface area contributed by atoms with Crippen molar-refractivity contribution < 1.29 is 13.9 Å². The Labute approximate surface area is 106 Å². The van der Waals surface area contributed by atoms with Crippen molar-refractivity contribution in [1.82, 2.24) is 0 Å². The molecule has 0 radical (unpaired) electrons. The van der Waals surface area contributed by atoms with Gasteiger partial charge in [-0.05, 0) is 38.9 Å². The summed E-state index contributed by atoms with van der Waals surface area (Å²) in [6, 6.07) is 4.37. The molecular formula is C13H19FN2O2. The minimum absolute atomic E-state index is 0.0931. The van der Waals surface area contributed by atoms with Crippen LogP contribution in [0.25, 0.3) is 0 Å². The molecule has 0 saturated carbocycles. The Morgan fingerprint density at radius 1 is 1.50 bits per heavy atom. The van der Waals surface area contributed by atoms with Crippen molar-refractivity contribution in [2.45, 2.75) is 32.8 Å². The third kappa shape index (κ3) is 4.71. The van der Waals surface area contributed by atoms with E-state index < -0.39 is 5.82 Å². The molecule has 0 aliphatic rings. The Hall–Kier alpha value is -1.62. The maximum atomic E-state index is 13.6. The molecule has 0 heterocycles. The first-order valence-electron chi connectivity index (χ1n) is 5.99. The molecule has 0 aromatic heterocycles. The maximum absolute atomic E-state index is 13.6. The number of benzene rings is 1. The van der Waals surface area contributed by atoms with Crippen LogP contribution in [0.3, 0.4) is 0 Å². The zero-order valence-corrected chi connectivity index (χ0v) is 10.7. The third-order valence-corrected chi connectivity index (χ3v) is 2.19. The summed E-state index contributed by atoms with van der Waals surface area (Å²) in [6.07, 6.45) is 0.857. The summed E-state index contributed by atoms with van der Waals surface area (Å²) >= 11 is 0. The number of carbonyl (C=O) groups is 1. The van der Waals surface area contributed by atoms with Gasteiger partial charge in [-0.15, -0.1) is 0 Å². The molecule has 0 unspecified atom stereocenters. The van der Waals surface area contributed by atoms with Gasteiger partial charge in [0.05, 0.1) is 6.10 Å². The fraction of sp³-hybridized carbons (Fsp3) is 0.462. The lowest BCUT2D eigenvalue weighted by molar-refractivity contribution is -0.116. The average molecular weight is 254 g/mol. The van der Waals surface area contributed by atoms with Gasteiger partial charge in [0.1, 0.15) is 0 Å². The zero-order valence-electron chi connectivity index (χ0n) is 10.7. The highest BCUT2D eigenvalue weighted by Crippen LogP contribution is 2.22. The molecule has 0 bridgehead atoms. The summed E-state index contributed by atoms with van der Waals surface area (Å²) in [5.74, 6) is -0.470. The molecule has 18 heavy (non-hydrogen) atoms. The summed E-state index contributed by atoms with van der Waals surface area (Å²) in [4.78, 5) is 11.4. The third-order valence-electron chi connectivity index (χ3n) is 2.19. The molecule has 0 saturated heterocycles. The first-order valence-corrected chi connectivity index (χ1v) is 5.99. The van der Waals surface area contributed by atoms with Gasteiger partial charge in [0.15, 0.2) is 11.6 Å². The van der Waals surface area contributed by atoms with E-state index in [1.54, 1.807) is 6.07 Å². The molecule has 0 aliphatic carbocycles. The minimum atomic E-state index is -0.486. The van der Waals surface area contributed by atoms with Crippen molar-refractivity contribution in [2.75, 3.05) is 11.9 Å². The first-order chi connectivity index (χ1) is 8.52. The Kier molecular flexibility index (Phi) is 5.58. The van der Waals surface area contributed by atoms with Gasteiger partial charge >= 0.3 is 0 Å². The van der Waals surface area contributed by atoms with Crippen LogP contribution in [-0.2, 0) is 4.79 Å². The van der Waals surface area contributed by atoms with Crippen molar-refractivity contribution in [3.05, 3.63) is 24.0 Å². The summed E-state index contributed by atoms with van der Waals surface area (Å²) in [7, 11) is 0. The molecule has 100 valence electrons. The van der Waals surface area contributed by atoms with Gasteiger partial charge in [0, 0.05) is 18.2 Å². The van der Waals surface area contributed by atoms with Crippen molar-refractivity contribution >= 4 is 11.6 Å². The van der Waals surface area contributed by atoms with Crippen LogP contribution >= 0.6 is 0 Å². The van der Waals surface area contributed by atoms with Crippen LogP contribution in [0.15, 0.2) is 18.2 Å². The highest BCUT2D eigenvalue weighted by Gasteiger charge is 2.08. The lowest BCUT2D eigenvalue weighted by atomic mass is 10.2. The summed E-state index contributed by atoms with van der Waals surface area (Å²) < 4.78 is 18.9. The normalized spacial score (nSPS) is 10.5. The van der Waals surface area contributed by atoms with E-state index in [0.29, 0.717) is 25.1 Å². The van der Waals surface area contributed by atoms with Crippen LogP contribution in [0.2, 0.25) is 0 Å². The smallest absolute Gasteiger partial charge is 0.224 e. The van der Waals surface area contributed by atoms with E-state index in [1.165, 1.54) is 12.1 Å². The number of hydrogen-bond acceptors (Lipinski definition) is 3. The molecule has 0 spiro atoms. The Bertz CT molecular complexity index is 408. The quantitative estimate of drug-likeness (QED) is 0.818. The summed E-state index contributed by atoms with van der Waals surface area (Å²) in [5.41, 5.74) is 5.73. The van der Waals surface area contributed by atoms with E-state index in [1.807, 2.05) is 13.8 Å². The Morgan fingerprint density at radius 3 is 2.78 bits per heavy atom. The second kappa shape index (κ2) is 6.96. The van der Waals surface area contributed by atoms with E-state index in [2.05, 4.69) is 5.32 Å². The number of nitrogens with one attached hydrogen (secondary N) is 1. The number of carbonyl (C=O) groups excluding carboxylic acids is 1. The summed E-state index contributed by atoms with van der Waals surface area (Å²) in [5, 5.41) is 2.61. The van der Waals surface area contributed by atoms with Gasteiger partial charge in [-0.25, -0.2) is 4.39 Å². The predicted molar refractivity (Wildman–Crippen MR) is 69.1 cm³/mol. The maximum Gasteiger partial charge on any atom is 0.224 e. The minimum Gasteiger partial charge on any atom is -0.488 e. The van der Waals surface area contributed by atoms with Crippen LogP contribution in [0.1, 0.15) is 26.7 Å². The Balaban J connectivity index is 2.63. The highest BCUT2D eigenvalue weighted by molar-refractivity contribution is 5.90. The number of anilines is 1. The number of hydrogen-bond donors (Lipinski definition) is 2. The van der Waals surface area contributed by atoms with Gasteiger partial charge in [-0.1, -0.05) is 0 Å². The monoisotopic (exact) mass is 254 g/mol. The molecule has 1 aromatic rings. The molecule has 0 atom stereocenters. The lowest BCUT2D eigenvalue weighted by Crippen LogP contribution is -2.13. The van der Waals surface area contributed by atoms with E-state index in [4.69, 9.17) is 10.5 Å². The second-order valence-corrected chi connectivity index (χ2v) is 4.25. The second-order valence-electron chi connectivity index (χ2n) is 4.25. The van der Waals surface area contributed by atoms with Crippen LogP contribution in [0, 0.1) is 5.82 Å². The predicted octanol–water partition coefficient (Wildman–Crippen LogP) is 2.29. The molecule has 1 aromatic carbocycles. The van der Waals surface area contributed by atoms with Gasteiger partial charge in [-0.3, -0.25) is 4.79 Å². The fourth-order valence-corrected chi connectivity index (χ4v) is 1.41. The van der Waals surface area contributed by atoms with E-state index in [0.717, 1.165) is 0 Å². The zero-order chi connectivity index (χ0) is 13.5. The van der Waals surface area contributed by atoms with Crippen LogP contribution in [-0.4, -0.2) is 18.6 Å². The molecule has 3 N–H and O–H groups in total. The van der Waals surface area contributed by atoms with Crippen molar-refractivity contribution in [1.29, 1.82) is 0 Å². The molecule has 0 fully saturated rings. The van der Waals surface area contributed by atoms with Crippen LogP contribution in [0.5, 0.6) is 5.75 Å². The molecule has 1 amide bonds. The van der Waals surface area contributed by atoms with Gasteiger partial charge in [-0.2, -0.15) is 0 Å². The molecule has 4 nitrogen and oxygen atoms in total. The van der Waals surface area contributed by atoms with Gasteiger partial charge < -0.3 is 15.8 Å². The fourth-order valence-electron chi connectivity index (χ4n) is 1.41. The van der Waals surface area contributed by atoms with Crippen molar-refractivity contribution in [3.8, 4) is 5.75 Å². The first kappa shape index (κ1) is 14.4. The molecule has 0 aliphatic heterocycles. The van der Waals surface area contributed by atoms with E-state index in [-0.39, 0.29) is 17.8 Å². The molecular weight excluding hydrogens is 235 g/mol. The number of rotatable bonds is 6. The lowest BCUT2D eigenvalue weighted by Gasteiger charge is -2.11. The van der Waals surface area contributed by atoms with E-state index >= 15 is 0 Å². The standard InChI is InChI=1S/C13H19FN2O2/c1-9(2)18-12-6-5-10(8-11(12)14)16-13(17)4-3-7-15/h5-6,8-9H,3-4,7,15H2,1-2H3,(H,16,17). The SMILES string of the molecule is CC(C)Oc1ccc(NC(=O)CCCN)cc1F. The molecule has 1 rings (SSSR count).